The van der Waals surface area contributed by atoms with Gasteiger partial charge in [-0.1, -0.05) is 25.5 Å². The first kappa shape index (κ1) is 12.1. The van der Waals surface area contributed by atoms with Gasteiger partial charge >= 0.3 is 0 Å². The standard InChI is InChI=1S/C13H20O2/c1-9(2)7-12(14)11-8-10(3)5-6-13(11)15-4/h5-6,8-9,12,14H,7H2,1-4H3. The second-order valence-corrected chi connectivity index (χ2v) is 4.39. The molecule has 0 aromatic heterocycles. The first-order chi connectivity index (χ1) is 7.04. The summed E-state index contributed by atoms with van der Waals surface area (Å²) in [5.74, 6) is 1.25. The minimum absolute atomic E-state index is 0.431. The molecule has 1 aromatic rings. The Labute approximate surface area is 91.9 Å². The fraction of sp³-hybridized carbons (Fsp3) is 0.538. The van der Waals surface area contributed by atoms with E-state index < -0.39 is 6.10 Å². The van der Waals surface area contributed by atoms with Crippen molar-refractivity contribution in [2.24, 2.45) is 5.92 Å². The van der Waals surface area contributed by atoms with Crippen LogP contribution in [0.2, 0.25) is 0 Å². The van der Waals surface area contributed by atoms with Gasteiger partial charge in [-0.05, 0) is 31.4 Å². The summed E-state index contributed by atoms with van der Waals surface area (Å²) in [4.78, 5) is 0. The molecule has 1 atom stereocenters. The third-order valence-corrected chi connectivity index (χ3v) is 2.44. The Hall–Kier alpha value is -1.02. The highest BCUT2D eigenvalue weighted by Crippen LogP contribution is 2.29. The third kappa shape index (κ3) is 3.24. The van der Waals surface area contributed by atoms with E-state index in [1.165, 1.54) is 0 Å². The second-order valence-electron chi connectivity index (χ2n) is 4.39. The Balaban J connectivity index is 2.94. The van der Waals surface area contributed by atoms with Crippen molar-refractivity contribution in [3.63, 3.8) is 0 Å². The minimum Gasteiger partial charge on any atom is -0.496 e. The zero-order valence-corrected chi connectivity index (χ0v) is 9.95. The average molecular weight is 208 g/mol. The van der Waals surface area contributed by atoms with Crippen LogP contribution in [-0.4, -0.2) is 12.2 Å². The van der Waals surface area contributed by atoms with Crippen LogP contribution in [0, 0.1) is 12.8 Å². The monoisotopic (exact) mass is 208 g/mol. The molecule has 1 unspecified atom stereocenters. The highest BCUT2D eigenvalue weighted by Gasteiger charge is 2.14. The summed E-state index contributed by atoms with van der Waals surface area (Å²) in [5.41, 5.74) is 2.04. The molecule has 2 heteroatoms. The first-order valence-corrected chi connectivity index (χ1v) is 5.37. The summed E-state index contributed by atoms with van der Waals surface area (Å²) in [5, 5.41) is 10.0. The number of methoxy groups -OCH3 is 1. The molecule has 0 heterocycles. The van der Waals surface area contributed by atoms with Crippen molar-refractivity contribution in [3.05, 3.63) is 29.3 Å². The number of aliphatic hydroxyl groups excluding tert-OH is 1. The van der Waals surface area contributed by atoms with Gasteiger partial charge in [-0.3, -0.25) is 0 Å². The van der Waals surface area contributed by atoms with E-state index in [1.54, 1.807) is 7.11 Å². The molecule has 0 aliphatic carbocycles. The molecule has 1 aromatic carbocycles. The summed E-state index contributed by atoms with van der Waals surface area (Å²) < 4.78 is 5.24. The van der Waals surface area contributed by atoms with E-state index in [4.69, 9.17) is 4.74 Å². The van der Waals surface area contributed by atoms with Gasteiger partial charge in [0.25, 0.3) is 0 Å². The zero-order chi connectivity index (χ0) is 11.4. The molecule has 0 saturated heterocycles. The predicted molar refractivity (Wildman–Crippen MR) is 62.1 cm³/mol. The molecule has 1 N–H and O–H groups in total. The number of benzene rings is 1. The molecule has 0 aliphatic heterocycles. The van der Waals surface area contributed by atoms with Crippen LogP contribution in [-0.2, 0) is 0 Å². The Kier molecular flexibility index (Phi) is 4.15. The van der Waals surface area contributed by atoms with Crippen molar-refractivity contribution in [3.8, 4) is 5.75 Å². The molecule has 0 amide bonds. The van der Waals surface area contributed by atoms with E-state index in [-0.39, 0.29) is 0 Å². The summed E-state index contributed by atoms with van der Waals surface area (Å²) in [6, 6.07) is 5.89. The van der Waals surface area contributed by atoms with E-state index in [1.807, 2.05) is 25.1 Å². The second kappa shape index (κ2) is 5.17. The Morgan fingerprint density at radius 1 is 1.33 bits per heavy atom. The van der Waals surface area contributed by atoms with Gasteiger partial charge < -0.3 is 9.84 Å². The summed E-state index contributed by atoms with van der Waals surface area (Å²) in [6.07, 6.45) is 0.333. The topological polar surface area (TPSA) is 29.5 Å². The van der Waals surface area contributed by atoms with Crippen LogP contribution in [0.4, 0.5) is 0 Å². The van der Waals surface area contributed by atoms with Crippen molar-refractivity contribution < 1.29 is 9.84 Å². The van der Waals surface area contributed by atoms with Crippen molar-refractivity contribution in [1.29, 1.82) is 0 Å². The number of hydrogen-bond acceptors (Lipinski definition) is 2. The van der Waals surface area contributed by atoms with Crippen molar-refractivity contribution >= 4 is 0 Å². The van der Waals surface area contributed by atoms with Gasteiger partial charge in [0.15, 0.2) is 0 Å². The third-order valence-electron chi connectivity index (χ3n) is 2.44. The van der Waals surface area contributed by atoms with Crippen LogP contribution < -0.4 is 4.74 Å². The van der Waals surface area contributed by atoms with Gasteiger partial charge in [0.05, 0.1) is 13.2 Å². The van der Waals surface area contributed by atoms with Gasteiger partial charge in [-0.25, -0.2) is 0 Å². The van der Waals surface area contributed by atoms with E-state index in [0.717, 1.165) is 23.3 Å². The average Bonchev–Trinajstić information content (AvgIpc) is 2.16. The highest BCUT2D eigenvalue weighted by molar-refractivity contribution is 5.38. The first-order valence-electron chi connectivity index (χ1n) is 5.37. The molecular weight excluding hydrogens is 188 g/mol. The largest absolute Gasteiger partial charge is 0.496 e. The van der Waals surface area contributed by atoms with E-state index in [9.17, 15) is 5.11 Å². The van der Waals surface area contributed by atoms with Crippen LogP contribution >= 0.6 is 0 Å². The van der Waals surface area contributed by atoms with Gasteiger partial charge in [0, 0.05) is 5.56 Å². The Morgan fingerprint density at radius 3 is 2.53 bits per heavy atom. The maximum Gasteiger partial charge on any atom is 0.124 e. The molecule has 2 nitrogen and oxygen atoms in total. The highest BCUT2D eigenvalue weighted by atomic mass is 16.5. The maximum absolute atomic E-state index is 10.0. The lowest BCUT2D eigenvalue weighted by atomic mass is 9.97. The van der Waals surface area contributed by atoms with Crippen LogP contribution in [0.25, 0.3) is 0 Å². The molecule has 0 saturated carbocycles. The number of ether oxygens (including phenoxy) is 1. The molecule has 84 valence electrons. The van der Waals surface area contributed by atoms with Crippen LogP contribution in [0.1, 0.15) is 37.5 Å². The van der Waals surface area contributed by atoms with Crippen molar-refractivity contribution in [2.75, 3.05) is 7.11 Å². The lowest BCUT2D eigenvalue weighted by molar-refractivity contribution is 0.147. The van der Waals surface area contributed by atoms with Gasteiger partial charge in [0.2, 0.25) is 0 Å². The summed E-state index contributed by atoms with van der Waals surface area (Å²) >= 11 is 0. The van der Waals surface area contributed by atoms with Gasteiger partial charge in [-0.15, -0.1) is 0 Å². The Morgan fingerprint density at radius 2 is 2.00 bits per heavy atom. The Bertz CT molecular complexity index is 318. The van der Waals surface area contributed by atoms with Crippen LogP contribution in [0.15, 0.2) is 18.2 Å². The van der Waals surface area contributed by atoms with Gasteiger partial charge in [0.1, 0.15) is 5.75 Å². The van der Waals surface area contributed by atoms with Crippen LogP contribution in [0.5, 0.6) is 5.75 Å². The minimum atomic E-state index is -0.431. The van der Waals surface area contributed by atoms with E-state index in [2.05, 4.69) is 13.8 Å². The lowest BCUT2D eigenvalue weighted by Crippen LogP contribution is -2.04. The normalized spacial score (nSPS) is 12.9. The lowest BCUT2D eigenvalue weighted by Gasteiger charge is -2.17. The molecule has 0 spiro atoms. The number of aliphatic hydroxyl groups is 1. The fourth-order valence-corrected chi connectivity index (χ4v) is 1.69. The number of hydrogen-bond donors (Lipinski definition) is 1. The van der Waals surface area contributed by atoms with Crippen molar-refractivity contribution in [2.45, 2.75) is 33.3 Å². The maximum atomic E-state index is 10.0. The van der Waals surface area contributed by atoms with Crippen molar-refractivity contribution in [1.82, 2.24) is 0 Å². The SMILES string of the molecule is COc1ccc(C)cc1C(O)CC(C)C. The summed E-state index contributed by atoms with van der Waals surface area (Å²) in [6.45, 7) is 6.22. The molecule has 1 rings (SSSR count). The number of aryl methyl sites for hydroxylation is 1. The summed E-state index contributed by atoms with van der Waals surface area (Å²) in [7, 11) is 1.64. The molecule has 0 bridgehead atoms. The van der Waals surface area contributed by atoms with E-state index in [0.29, 0.717) is 5.92 Å². The van der Waals surface area contributed by atoms with Crippen LogP contribution in [0.3, 0.4) is 0 Å². The van der Waals surface area contributed by atoms with E-state index >= 15 is 0 Å². The molecule has 0 aliphatic rings. The quantitative estimate of drug-likeness (QED) is 0.824. The van der Waals surface area contributed by atoms with Gasteiger partial charge in [-0.2, -0.15) is 0 Å². The predicted octanol–water partition coefficient (Wildman–Crippen LogP) is 3.08. The zero-order valence-electron chi connectivity index (χ0n) is 9.95. The molecule has 15 heavy (non-hydrogen) atoms. The smallest absolute Gasteiger partial charge is 0.124 e. The fourth-order valence-electron chi connectivity index (χ4n) is 1.69. The molecule has 0 radical (unpaired) electrons. The number of rotatable bonds is 4. The molecule has 0 fully saturated rings. The molecular formula is C13H20O2.